The highest BCUT2D eigenvalue weighted by molar-refractivity contribution is 4.87. The van der Waals surface area contributed by atoms with E-state index in [2.05, 4.69) is 4.90 Å². The van der Waals surface area contributed by atoms with E-state index < -0.39 is 18.4 Å². The first kappa shape index (κ1) is 24.4. The Labute approximate surface area is 182 Å². The van der Waals surface area contributed by atoms with Gasteiger partial charge in [0.1, 0.15) is 6.17 Å². The molecule has 2 saturated carbocycles. The molecule has 6 heteroatoms. The molecule has 3 fully saturated rings. The lowest BCUT2D eigenvalue weighted by Crippen LogP contribution is -2.53. The van der Waals surface area contributed by atoms with Crippen LogP contribution in [0.3, 0.4) is 0 Å². The number of alkyl halides is 1. The van der Waals surface area contributed by atoms with Crippen LogP contribution in [-0.2, 0) is 4.74 Å². The van der Waals surface area contributed by atoms with Crippen LogP contribution in [0.2, 0.25) is 0 Å². The van der Waals surface area contributed by atoms with Crippen molar-refractivity contribution in [2.75, 3.05) is 32.9 Å². The number of hydrogen-bond acceptors (Lipinski definition) is 5. The predicted molar refractivity (Wildman–Crippen MR) is 116 cm³/mol. The Morgan fingerprint density at radius 1 is 0.900 bits per heavy atom. The number of likely N-dealkylation sites (tertiary alicyclic amines) is 1. The summed E-state index contributed by atoms with van der Waals surface area (Å²) in [7, 11) is 0. The molecule has 0 bridgehead atoms. The lowest BCUT2D eigenvalue weighted by atomic mass is 9.70. The van der Waals surface area contributed by atoms with Crippen molar-refractivity contribution < 1.29 is 24.4 Å². The van der Waals surface area contributed by atoms with Gasteiger partial charge in [-0.05, 0) is 69.2 Å². The molecule has 0 radical (unpaired) electrons. The lowest BCUT2D eigenvalue weighted by molar-refractivity contribution is -0.0711. The third kappa shape index (κ3) is 7.13. The fourth-order valence-electron chi connectivity index (χ4n) is 5.97. The van der Waals surface area contributed by atoms with E-state index in [1.54, 1.807) is 0 Å². The van der Waals surface area contributed by atoms with Crippen molar-refractivity contribution in [3.63, 3.8) is 0 Å². The highest BCUT2D eigenvalue weighted by Gasteiger charge is 2.36. The van der Waals surface area contributed by atoms with Crippen LogP contribution in [0.25, 0.3) is 0 Å². The van der Waals surface area contributed by atoms with Crippen molar-refractivity contribution in [1.82, 2.24) is 4.90 Å². The fourth-order valence-corrected chi connectivity index (χ4v) is 5.97. The number of aliphatic hydroxyl groups is 3. The molecule has 6 atom stereocenters. The van der Waals surface area contributed by atoms with Crippen LogP contribution in [0.4, 0.5) is 4.39 Å². The minimum atomic E-state index is -0.728. The monoisotopic (exact) mass is 429 g/mol. The van der Waals surface area contributed by atoms with Gasteiger partial charge >= 0.3 is 0 Å². The number of nitrogens with zero attached hydrogens (tertiary/aromatic N) is 1. The van der Waals surface area contributed by atoms with Crippen molar-refractivity contribution in [1.29, 1.82) is 0 Å². The van der Waals surface area contributed by atoms with Gasteiger partial charge in [-0.2, -0.15) is 0 Å². The van der Waals surface area contributed by atoms with Crippen LogP contribution >= 0.6 is 0 Å². The molecule has 30 heavy (non-hydrogen) atoms. The molecule has 0 spiro atoms. The summed E-state index contributed by atoms with van der Waals surface area (Å²) < 4.78 is 20.6. The number of piperidine rings is 1. The topological polar surface area (TPSA) is 73.2 Å². The van der Waals surface area contributed by atoms with Gasteiger partial charge in [-0.3, -0.25) is 4.90 Å². The summed E-state index contributed by atoms with van der Waals surface area (Å²) in [5.74, 6) is 1.32. The van der Waals surface area contributed by atoms with Crippen molar-refractivity contribution in [2.45, 2.75) is 101 Å². The molecule has 0 aromatic carbocycles. The number of ether oxygens (including phenoxy) is 1. The van der Waals surface area contributed by atoms with Crippen LogP contribution in [0.5, 0.6) is 0 Å². The van der Waals surface area contributed by atoms with Gasteiger partial charge in [0.2, 0.25) is 0 Å². The van der Waals surface area contributed by atoms with E-state index >= 15 is 0 Å². The molecule has 1 heterocycles. The summed E-state index contributed by atoms with van der Waals surface area (Å²) in [6.07, 6.45) is 10.6. The van der Waals surface area contributed by atoms with Crippen molar-refractivity contribution in [3.8, 4) is 0 Å². The zero-order valence-corrected chi connectivity index (χ0v) is 18.6. The summed E-state index contributed by atoms with van der Waals surface area (Å²) in [5.41, 5.74) is 0. The summed E-state index contributed by atoms with van der Waals surface area (Å²) >= 11 is 0. The lowest BCUT2D eigenvalue weighted by Gasteiger charge is -2.39. The van der Waals surface area contributed by atoms with Gasteiger partial charge in [-0.15, -0.1) is 0 Å². The van der Waals surface area contributed by atoms with E-state index in [-0.39, 0.29) is 12.6 Å². The fraction of sp³-hybridized carbons (Fsp3) is 1.00. The van der Waals surface area contributed by atoms with E-state index in [0.717, 1.165) is 45.3 Å². The van der Waals surface area contributed by atoms with E-state index in [9.17, 15) is 19.7 Å². The minimum Gasteiger partial charge on any atom is -0.395 e. The third-order valence-corrected chi connectivity index (χ3v) is 7.88. The first-order valence-corrected chi connectivity index (χ1v) is 12.5. The molecular weight excluding hydrogens is 385 g/mol. The molecule has 5 nitrogen and oxygen atoms in total. The van der Waals surface area contributed by atoms with Gasteiger partial charge in [0.05, 0.1) is 18.8 Å². The van der Waals surface area contributed by atoms with Crippen LogP contribution in [0.1, 0.15) is 77.0 Å². The molecule has 3 rings (SSSR count). The molecular formula is C24H44FNO4. The summed E-state index contributed by atoms with van der Waals surface area (Å²) in [6.45, 7) is 2.69. The first-order valence-electron chi connectivity index (χ1n) is 12.5. The molecule has 2 aliphatic carbocycles. The van der Waals surface area contributed by atoms with E-state index in [4.69, 9.17) is 4.74 Å². The SMILES string of the molecule is OC[C@H]1CC(O)[C@@H](O)CN1CCCCCOCC1CCC(C2CCCCC2)C(F)C1. The predicted octanol–water partition coefficient (Wildman–Crippen LogP) is 3.30. The standard InChI is InChI=1S/C24H44FNO4/c25-22-13-18(9-10-21(22)19-7-3-1-4-8-19)17-30-12-6-2-5-11-26-15-24(29)23(28)14-20(26)16-27/h18-24,27-29H,1-17H2/t18?,20-,21?,22?,23?,24+/m1/s1. The van der Waals surface area contributed by atoms with Gasteiger partial charge in [0.25, 0.3) is 0 Å². The largest absolute Gasteiger partial charge is 0.395 e. The maximum absolute atomic E-state index is 14.7. The molecule has 1 saturated heterocycles. The molecule has 0 aromatic rings. The summed E-state index contributed by atoms with van der Waals surface area (Å²) in [6, 6.07) is -0.0583. The number of β-amino-alcohol motifs (C(OH)–C–C–N with tert-alkyl or cyclic N) is 1. The minimum absolute atomic E-state index is 0.0193. The number of aliphatic hydroxyl groups excluding tert-OH is 3. The molecule has 1 aliphatic heterocycles. The average Bonchev–Trinajstić information content (AvgIpc) is 2.76. The Morgan fingerprint density at radius 3 is 2.43 bits per heavy atom. The maximum Gasteiger partial charge on any atom is 0.104 e. The summed E-state index contributed by atoms with van der Waals surface area (Å²) in [5, 5.41) is 29.1. The molecule has 0 aromatic heterocycles. The Balaban J connectivity index is 1.22. The van der Waals surface area contributed by atoms with Crippen LogP contribution in [0, 0.1) is 17.8 Å². The Bertz CT molecular complexity index is 476. The average molecular weight is 430 g/mol. The Hall–Kier alpha value is -0.270. The summed E-state index contributed by atoms with van der Waals surface area (Å²) in [4.78, 5) is 2.09. The van der Waals surface area contributed by atoms with Gasteiger partial charge in [0, 0.05) is 25.8 Å². The molecule has 3 N–H and O–H groups in total. The number of unbranched alkanes of at least 4 members (excludes halogenated alkanes) is 2. The number of hydrogen-bond donors (Lipinski definition) is 3. The zero-order valence-electron chi connectivity index (χ0n) is 18.6. The number of halogens is 1. The second kappa shape index (κ2) is 12.7. The van der Waals surface area contributed by atoms with Gasteiger partial charge in [-0.1, -0.05) is 32.1 Å². The molecule has 3 aliphatic rings. The smallest absolute Gasteiger partial charge is 0.104 e. The van der Waals surface area contributed by atoms with E-state index in [0.29, 0.717) is 43.7 Å². The molecule has 4 unspecified atom stereocenters. The highest BCUT2D eigenvalue weighted by atomic mass is 19.1. The van der Waals surface area contributed by atoms with Crippen LogP contribution in [-0.4, -0.2) is 77.6 Å². The van der Waals surface area contributed by atoms with Crippen molar-refractivity contribution in [2.24, 2.45) is 17.8 Å². The maximum atomic E-state index is 14.7. The van der Waals surface area contributed by atoms with Crippen molar-refractivity contribution in [3.05, 3.63) is 0 Å². The van der Waals surface area contributed by atoms with Gasteiger partial charge in [-0.25, -0.2) is 4.39 Å². The first-order chi connectivity index (χ1) is 14.6. The van der Waals surface area contributed by atoms with Gasteiger partial charge in [0.15, 0.2) is 0 Å². The van der Waals surface area contributed by atoms with Crippen molar-refractivity contribution >= 4 is 0 Å². The Kier molecular flexibility index (Phi) is 10.3. The van der Waals surface area contributed by atoms with Gasteiger partial charge < -0.3 is 20.1 Å². The third-order valence-electron chi connectivity index (χ3n) is 7.88. The zero-order chi connectivity index (χ0) is 21.3. The van der Waals surface area contributed by atoms with Crippen LogP contribution < -0.4 is 0 Å². The highest BCUT2D eigenvalue weighted by Crippen LogP contribution is 2.41. The quantitative estimate of drug-likeness (QED) is 0.465. The number of rotatable bonds is 10. The second-order valence-electron chi connectivity index (χ2n) is 10.1. The van der Waals surface area contributed by atoms with E-state index in [1.165, 1.54) is 32.1 Å². The molecule has 0 amide bonds. The van der Waals surface area contributed by atoms with E-state index in [1.807, 2.05) is 0 Å². The normalized spacial score (nSPS) is 36.8. The second-order valence-corrected chi connectivity index (χ2v) is 10.1. The molecule has 176 valence electrons. The van der Waals surface area contributed by atoms with Crippen LogP contribution in [0.15, 0.2) is 0 Å². The Morgan fingerprint density at radius 2 is 1.70 bits per heavy atom.